The van der Waals surface area contributed by atoms with Crippen molar-refractivity contribution < 1.29 is 9.13 Å². The summed E-state index contributed by atoms with van der Waals surface area (Å²) < 4.78 is 18.6. The molecule has 0 unspecified atom stereocenters. The number of ether oxygens (including phenoxy) is 1. The van der Waals surface area contributed by atoms with Gasteiger partial charge in [-0.05, 0) is 66.2 Å². The predicted octanol–water partition coefficient (Wildman–Crippen LogP) is 5.19. The van der Waals surface area contributed by atoms with Crippen LogP contribution >= 0.6 is 0 Å². The zero-order chi connectivity index (χ0) is 16.9. The lowest BCUT2D eigenvalue weighted by molar-refractivity contribution is 0.480. The normalized spacial score (nSPS) is 10.0. The third kappa shape index (κ3) is 3.47. The minimum Gasteiger partial charge on any atom is -0.457 e. The zero-order valence-electron chi connectivity index (χ0n) is 12.7. The second-order valence-corrected chi connectivity index (χ2v) is 5.07. The van der Waals surface area contributed by atoms with Crippen LogP contribution in [0.15, 0.2) is 67.2 Å². The summed E-state index contributed by atoms with van der Waals surface area (Å²) in [5.41, 5.74) is 2.73. The molecule has 3 rings (SSSR count). The number of nitrogens with zero attached hydrogens (tertiary/aromatic N) is 2. The minimum absolute atomic E-state index is 0.306. The van der Waals surface area contributed by atoms with E-state index < -0.39 is 0 Å². The third-order valence-electron chi connectivity index (χ3n) is 3.40. The van der Waals surface area contributed by atoms with E-state index in [2.05, 4.69) is 11.6 Å². The summed E-state index contributed by atoms with van der Waals surface area (Å²) in [6, 6.07) is 18.7. The second kappa shape index (κ2) is 6.76. The van der Waals surface area contributed by atoms with Crippen molar-refractivity contribution in [3.63, 3.8) is 0 Å². The molecule has 0 bridgehead atoms. The van der Waals surface area contributed by atoms with E-state index in [0.29, 0.717) is 22.9 Å². The van der Waals surface area contributed by atoms with Gasteiger partial charge in [-0.25, -0.2) is 9.37 Å². The van der Waals surface area contributed by atoms with Gasteiger partial charge in [-0.2, -0.15) is 5.26 Å². The fourth-order valence-electron chi connectivity index (χ4n) is 2.21. The van der Waals surface area contributed by atoms with Gasteiger partial charge in [-0.1, -0.05) is 12.7 Å². The van der Waals surface area contributed by atoms with Crippen LogP contribution in [-0.4, -0.2) is 4.98 Å². The smallest absolute Gasteiger partial charge is 0.141 e. The Hall–Kier alpha value is -3.45. The SMILES string of the molecule is C=Cc1cc(C#N)nc(-c2ccc(Oc3ccc(F)cc3)cc2)c1. The van der Waals surface area contributed by atoms with Gasteiger partial charge in [-0.3, -0.25) is 0 Å². The highest BCUT2D eigenvalue weighted by molar-refractivity contribution is 5.65. The Balaban J connectivity index is 1.85. The van der Waals surface area contributed by atoms with Crippen molar-refractivity contribution >= 4 is 6.08 Å². The molecule has 0 atom stereocenters. The van der Waals surface area contributed by atoms with Crippen LogP contribution in [0.3, 0.4) is 0 Å². The van der Waals surface area contributed by atoms with E-state index >= 15 is 0 Å². The van der Waals surface area contributed by atoms with Gasteiger partial charge in [0.15, 0.2) is 0 Å². The fourth-order valence-corrected chi connectivity index (χ4v) is 2.21. The van der Waals surface area contributed by atoms with Crippen molar-refractivity contribution in [2.75, 3.05) is 0 Å². The lowest BCUT2D eigenvalue weighted by Crippen LogP contribution is -1.90. The molecule has 0 aliphatic carbocycles. The molecule has 24 heavy (non-hydrogen) atoms. The van der Waals surface area contributed by atoms with Crippen molar-refractivity contribution in [3.05, 3.63) is 84.3 Å². The Kier molecular flexibility index (Phi) is 4.35. The highest BCUT2D eigenvalue weighted by Crippen LogP contribution is 2.26. The zero-order valence-corrected chi connectivity index (χ0v) is 12.7. The van der Waals surface area contributed by atoms with Crippen LogP contribution in [0.5, 0.6) is 11.5 Å². The molecule has 3 nitrogen and oxygen atoms in total. The molecular weight excluding hydrogens is 303 g/mol. The molecule has 0 aliphatic rings. The van der Waals surface area contributed by atoms with Crippen molar-refractivity contribution in [2.24, 2.45) is 0 Å². The van der Waals surface area contributed by atoms with E-state index in [4.69, 9.17) is 10.00 Å². The number of halogens is 1. The average molecular weight is 316 g/mol. The van der Waals surface area contributed by atoms with Crippen LogP contribution in [0.1, 0.15) is 11.3 Å². The molecule has 2 aromatic carbocycles. The van der Waals surface area contributed by atoms with Crippen molar-refractivity contribution in [1.29, 1.82) is 5.26 Å². The lowest BCUT2D eigenvalue weighted by Gasteiger charge is -2.07. The monoisotopic (exact) mass is 316 g/mol. The molecule has 0 N–H and O–H groups in total. The maximum absolute atomic E-state index is 12.9. The van der Waals surface area contributed by atoms with E-state index in [9.17, 15) is 4.39 Å². The van der Waals surface area contributed by atoms with Crippen molar-refractivity contribution in [1.82, 2.24) is 4.98 Å². The first-order chi connectivity index (χ1) is 11.7. The number of pyridine rings is 1. The Morgan fingerprint density at radius 2 is 1.62 bits per heavy atom. The molecule has 0 saturated heterocycles. The molecule has 0 aliphatic heterocycles. The van der Waals surface area contributed by atoms with Gasteiger partial charge in [-0.15, -0.1) is 0 Å². The molecular formula is C20H13FN2O. The van der Waals surface area contributed by atoms with E-state index in [0.717, 1.165) is 11.1 Å². The van der Waals surface area contributed by atoms with Crippen LogP contribution in [0.25, 0.3) is 17.3 Å². The Morgan fingerprint density at radius 1 is 1.00 bits per heavy atom. The van der Waals surface area contributed by atoms with E-state index in [1.165, 1.54) is 12.1 Å². The predicted molar refractivity (Wildman–Crippen MR) is 91.0 cm³/mol. The molecule has 116 valence electrons. The molecule has 0 amide bonds. The van der Waals surface area contributed by atoms with Crippen molar-refractivity contribution in [3.8, 4) is 28.8 Å². The van der Waals surface area contributed by atoms with Gasteiger partial charge < -0.3 is 4.74 Å². The lowest BCUT2D eigenvalue weighted by atomic mass is 10.1. The molecule has 1 heterocycles. The largest absolute Gasteiger partial charge is 0.457 e. The number of hydrogen-bond donors (Lipinski definition) is 0. The summed E-state index contributed by atoms with van der Waals surface area (Å²) in [7, 11) is 0. The van der Waals surface area contributed by atoms with Crippen LogP contribution in [0.4, 0.5) is 4.39 Å². The van der Waals surface area contributed by atoms with Crippen LogP contribution < -0.4 is 4.74 Å². The number of benzene rings is 2. The summed E-state index contributed by atoms with van der Waals surface area (Å²) in [5.74, 6) is 0.882. The summed E-state index contributed by atoms with van der Waals surface area (Å²) in [5, 5.41) is 9.06. The average Bonchev–Trinajstić information content (AvgIpc) is 2.63. The Morgan fingerprint density at radius 3 is 2.21 bits per heavy atom. The minimum atomic E-state index is -0.306. The van der Waals surface area contributed by atoms with Crippen molar-refractivity contribution in [2.45, 2.75) is 0 Å². The molecule has 4 heteroatoms. The Bertz CT molecular complexity index is 910. The number of nitriles is 1. The van der Waals surface area contributed by atoms with Gasteiger partial charge in [0.05, 0.1) is 5.69 Å². The van der Waals surface area contributed by atoms with Gasteiger partial charge in [0.25, 0.3) is 0 Å². The fraction of sp³-hybridized carbons (Fsp3) is 0. The summed E-state index contributed by atoms with van der Waals surface area (Å²) in [6.07, 6.45) is 1.68. The van der Waals surface area contributed by atoms with Crippen LogP contribution in [0.2, 0.25) is 0 Å². The quantitative estimate of drug-likeness (QED) is 0.665. The molecule has 0 fully saturated rings. The van der Waals surface area contributed by atoms with E-state index in [1.54, 1.807) is 36.4 Å². The molecule has 0 spiro atoms. The van der Waals surface area contributed by atoms with Gasteiger partial charge in [0.1, 0.15) is 29.1 Å². The number of hydrogen-bond acceptors (Lipinski definition) is 3. The molecule has 0 radical (unpaired) electrons. The first-order valence-corrected chi connectivity index (χ1v) is 7.26. The first-order valence-electron chi connectivity index (χ1n) is 7.26. The molecule has 0 saturated carbocycles. The number of aromatic nitrogens is 1. The van der Waals surface area contributed by atoms with Gasteiger partial charge >= 0.3 is 0 Å². The maximum Gasteiger partial charge on any atom is 0.141 e. The summed E-state index contributed by atoms with van der Waals surface area (Å²) in [6.45, 7) is 3.72. The number of rotatable bonds is 4. The van der Waals surface area contributed by atoms with Crippen LogP contribution in [0, 0.1) is 17.1 Å². The van der Waals surface area contributed by atoms with E-state index in [-0.39, 0.29) is 5.82 Å². The highest BCUT2D eigenvalue weighted by atomic mass is 19.1. The Labute approximate surface area is 139 Å². The van der Waals surface area contributed by atoms with Crippen LogP contribution in [-0.2, 0) is 0 Å². The maximum atomic E-state index is 12.9. The second-order valence-electron chi connectivity index (χ2n) is 5.07. The third-order valence-corrected chi connectivity index (χ3v) is 3.40. The van der Waals surface area contributed by atoms with Gasteiger partial charge in [0.2, 0.25) is 0 Å². The molecule has 1 aromatic heterocycles. The molecule has 3 aromatic rings. The topological polar surface area (TPSA) is 45.9 Å². The van der Waals surface area contributed by atoms with E-state index in [1.807, 2.05) is 24.3 Å². The summed E-state index contributed by atoms with van der Waals surface area (Å²) in [4.78, 5) is 4.30. The highest BCUT2D eigenvalue weighted by Gasteiger charge is 2.05. The standard InChI is InChI=1S/C20H13FN2O/c1-2-14-11-17(13-22)23-20(12-14)15-3-7-18(8-4-15)24-19-9-5-16(21)6-10-19/h2-12H,1H2. The summed E-state index contributed by atoms with van der Waals surface area (Å²) >= 11 is 0. The van der Waals surface area contributed by atoms with Gasteiger partial charge in [0, 0.05) is 5.56 Å². The first kappa shape index (κ1) is 15.4.